The van der Waals surface area contributed by atoms with E-state index < -0.39 is 27.7 Å². The fourth-order valence-electron chi connectivity index (χ4n) is 1.01. The highest BCUT2D eigenvalue weighted by molar-refractivity contribution is 9.10. The molecule has 0 bridgehead atoms. The molecular weight excluding hydrogens is 279 g/mol. The molecule has 0 fully saturated rings. The van der Waals surface area contributed by atoms with E-state index in [0.29, 0.717) is 6.07 Å². The Balaban J connectivity index is 3.49. The smallest absolute Gasteiger partial charge is 0.417 e. The summed E-state index contributed by atoms with van der Waals surface area (Å²) >= 11 is 2.60. The second-order valence-corrected chi connectivity index (χ2v) is 3.53. The van der Waals surface area contributed by atoms with E-state index in [-0.39, 0.29) is 5.69 Å². The number of hydrogen-bond acceptors (Lipinski definition) is 2. The van der Waals surface area contributed by atoms with Crippen LogP contribution in [0.4, 0.5) is 18.9 Å². The Labute approximate surface area is 90.8 Å². The fraction of sp³-hybridized carbons (Fsp3) is 0.125. The third kappa shape index (κ3) is 2.41. The highest BCUT2D eigenvalue weighted by Gasteiger charge is 2.35. The maximum Gasteiger partial charge on any atom is 0.417 e. The lowest BCUT2D eigenvalue weighted by molar-refractivity contribution is -0.138. The van der Waals surface area contributed by atoms with Gasteiger partial charge in [0.15, 0.2) is 0 Å². The Morgan fingerprint density at radius 3 is 2.33 bits per heavy atom. The molecule has 3 N–H and O–H groups in total. The number of aromatic carboxylic acids is 1. The van der Waals surface area contributed by atoms with E-state index in [0.717, 1.165) is 6.07 Å². The third-order valence-corrected chi connectivity index (χ3v) is 2.49. The van der Waals surface area contributed by atoms with E-state index in [4.69, 9.17) is 10.8 Å². The lowest BCUT2D eigenvalue weighted by Gasteiger charge is -2.11. The summed E-state index contributed by atoms with van der Waals surface area (Å²) in [6.45, 7) is 0. The first-order chi connectivity index (χ1) is 6.73. The lowest BCUT2D eigenvalue weighted by atomic mass is 10.1. The van der Waals surface area contributed by atoms with Crippen LogP contribution in [0.15, 0.2) is 16.6 Å². The van der Waals surface area contributed by atoms with Crippen molar-refractivity contribution in [2.45, 2.75) is 6.18 Å². The van der Waals surface area contributed by atoms with Crippen molar-refractivity contribution < 1.29 is 23.1 Å². The Bertz CT molecular complexity index is 417. The zero-order valence-electron chi connectivity index (χ0n) is 7.10. The third-order valence-electron chi connectivity index (χ3n) is 1.63. The summed E-state index contributed by atoms with van der Waals surface area (Å²) in [6.07, 6.45) is -4.64. The van der Waals surface area contributed by atoms with Gasteiger partial charge in [-0.1, -0.05) is 0 Å². The number of rotatable bonds is 1. The normalized spacial score (nSPS) is 11.5. The molecule has 0 aliphatic carbocycles. The van der Waals surface area contributed by atoms with Gasteiger partial charge in [0, 0.05) is 10.2 Å². The molecule has 3 nitrogen and oxygen atoms in total. The number of nitrogen functional groups attached to an aromatic ring is 1. The van der Waals surface area contributed by atoms with Crippen LogP contribution in [0.25, 0.3) is 0 Å². The van der Waals surface area contributed by atoms with Crippen molar-refractivity contribution in [1.29, 1.82) is 0 Å². The van der Waals surface area contributed by atoms with Gasteiger partial charge in [0.25, 0.3) is 0 Å². The average molecular weight is 284 g/mol. The van der Waals surface area contributed by atoms with Gasteiger partial charge in [-0.25, -0.2) is 4.79 Å². The van der Waals surface area contributed by atoms with Crippen LogP contribution in [0.5, 0.6) is 0 Å². The van der Waals surface area contributed by atoms with Crippen molar-refractivity contribution in [3.63, 3.8) is 0 Å². The molecule has 0 saturated carbocycles. The zero-order valence-corrected chi connectivity index (χ0v) is 8.69. The topological polar surface area (TPSA) is 63.3 Å². The summed E-state index contributed by atoms with van der Waals surface area (Å²) in [5.41, 5.74) is 3.32. The van der Waals surface area contributed by atoms with Crippen LogP contribution in [0.1, 0.15) is 15.9 Å². The Morgan fingerprint density at radius 2 is 1.93 bits per heavy atom. The molecule has 0 saturated heterocycles. The molecule has 82 valence electrons. The largest absolute Gasteiger partial charge is 0.478 e. The van der Waals surface area contributed by atoms with Gasteiger partial charge in [0.2, 0.25) is 0 Å². The van der Waals surface area contributed by atoms with Crippen molar-refractivity contribution in [2.75, 3.05) is 5.73 Å². The van der Waals surface area contributed by atoms with Crippen LogP contribution in [0, 0.1) is 0 Å². The summed E-state index contributed by atoms with van der Waals surface area (Å²) in [5, 5.41) is 8.63. The van der Waals surface area contributed by atoms with Gasteiger partial charge >= 0.3 is 12.1 Å². The molecule has 7 heteroatoms. The maximum absolute atomic E-state index is 12.4. The molecule has 0 spiro atoms. The first kappa shape index (κ1) is 11.8. The van der Waals surface area contributed by atoms with E-state index >= 15 is 0 Å². The number of alkyl halides is 3. The minimum absolute atomic E-state index is 0.247. The highest BCUT2D eigenvalue weighted by Crippen LogP contribution is 2.37. The number of benzene rings is 1. The number of hydrogen-bond donors (Lipinski definition) is 2. The van der Waals surface area contributed by atoms with Crippen LogP contribution in [0.3, 0.4) is 0 Å². The Hall–Kier alpha value is -1.24. The molecule has 1 aromatic carbocycles. The molecule has 1 aromatic rings. The van der Waals surface area contributed by atoms with Crippen molar-refractivity contribution >= 4 is 27.6 Å². The second-order valence-electron chi connectivity index (χ2n) is 2.73. The van der Waals surface area contributed by atoms with Crippen molar-refractivity contribution in [3.8, 4) is 0 Å². The predicted octanol–water partition coefficient (Wildman–Crippen LogP) is 2.75. The minimum Gasteiger partial charge on any atom is -0.478 e. The van der Waals surface area contributed by atoms with E-state index in [9.17, 15) is 18.0 Å². The maximum atomic E-state index is 12.4. The molecule has 1 rings (SSSR count). The average Bonchev–Trinajstić information content (AvgIpc) is 2.06. The zero-order chi connectivity index (χ0) is 11.8. The second kappa shape index (κ2) is 3.73. The van der Waals surface area contributed by atoms with Crippen molar-refractivity contribution in [2.24, 2.45) is 0 Å². The van der Waals surface area contributed by atoms with E-state index in [1.807, 2.05) is 0 Å². The lowest BCUT2D eigenvalue weighted by Crippen LogP contribution is -2.10. The number of carboxylic acids is 1. The molecule has 0 aliphatic heterocycles. The van der Waals surface area contributed by atoms with Crippen LogP contribution in [0.2, 0.25) is 0 Å². The van der Waals surface area contributed by atoms with E-state index in [1.165, 1.54) is 0 Å². The fourth-order valence-corrected chi connectivity index (χ4v) is 1.63. The first-order valence-corrected chi connectivity index (χ1v) is 4.42. The monoisotopic (exact) mass is 283 g/mol. The molecule has 15 heavy (non-hydrogen) atoms. The molecule has 0 atom stereocenters. The van der Waals surface area contributed by atoms with Crippen LogP contribution >= 0.6 is 15.9 Å². The number of carboxylic acid groups (broad SMARTS) is 1. The number of carbonyl (C=O) groups is 1. The quantitative estimate of drug-likeness (QED) is 0.779. The van der Waals surface area contributed by atoms with Crippen molar-refractivity contribution in [3.05, 3.63) is 27.7 Å². The summed E-state index contributed by atoms with van der Waals surface area (Å²) in [5.74, 6) is -1.47. The molecule has 0 aromatic heterocycles. The predicted molar refractivity (Wildman–Crippen MR) is 50.5 cm³/mol. The number of anilines is 1. The molecule has 0 unspecified atom stereocenters. The van der Waals surface area contributed by atoms with Crippen LogP contribution in [-0.4, -0.2) is 11.1 Å². The minimum atomic E-state index is -4.64. The van der Waals surface area contributed by atoms with Gasteiger partial charge in [-0.3, -0.25) is 0 Å². The van der Waals surface area contributed by atoms with Gasteiger partial charge in [-0.15, -0.1) is 0 Å². The Kier molecular flexibility index (Phi) is 2.94. The summed E-state index contributed by atoms with van der Waals surface area (Å²) < 4.78 is 36.7. The first-order valence-electron chi connectivity index (χ1n) is 3.63. The van der Waals surface area contributed by atoms with Gasteiger partial charge < -0.3 is 10.8 Å². The number of halogens is 4. The van der Waals surface area contributed by atoms with Gasteiger partial charge in [-0.05, 0) is 28.1 Å². The molecule has 0 aliphatic rings. The van der Waals surface area contributed by atoms with Crippen LogP contribution < -0.4 is 5.73 Å². The molecule has 0 amide bonds. The standard InChI is InChI=1S/C8H5BrF3NO2/c9-6-4(7(14)15)1-3(13)2-5(6)8(10,11)12/h1-2H,13H2,(H,14,15). The summed E-state index contributed by atoms with van der Waals surface area (Å²) in [6, 6.07) is 1.64. The van der Waals surface area contributed by atoms with E-state index in [2.05, 4.69) is 15.9 Å². The highest BCUT2D eigenvalue weighted by atomic mass is 79.9. The molecular formula is C8H5BrF3NO2. The Morgan fingerprint density at radius 1 is 1.40 bits per heavy atom. The molecule has 0 radical (unpaired) electrons. The SMILES string of the molecule is Nc1cc(C(=O)O)c(Br)c(C(F)(F)F)c1. The van der Waals surface area contributed by atoms with E-state index in [1.54, 1.807) is 0 Å². The summed E-state index contributed by atoms with van der Waals surface area (Å²) in [4.78, 5) is 10.6. The van der Waals surface area contributed by atoms with Gasteiger partial charge in [-0.2, -0.15) is 13.2 Å². The van der Waals surface area contributed by atoms with Crippen LogP contribution in [-0.2, 0) is 6.18 Å². The summed E-state index contributed by atoms with van der Waals surface area (Å²) in [7, 11) is 0. The molecule has 0 heterocycles. The number of nitrogens with two attached hydrogens (primary N) is 1. The van der Waals surface area contributed by atoms with Gasteiger partial charge in [0.05, 0.1) is 11.1 Å². The van der Waals surface area contributed by atoms with Crippen molar-refractivity contribution in [1.82, 2.24) is 0 Å². The van der Waals surface area contributed by atoms with Gasteiger partial charge in [0.1, 0.15) is 0 Å².